The van der Waals surface area contributed by atoms with Gasteiger partial charge in [0.15, 0.2) is 0 Å². The molecule has 4 amide bonds. The van der Waals surface area contributed by atoms with Crippen LogP contribution in [0.4, 0.5) is 34.1 Å². The Balaban J connectivity index is 0.000000153. The molecule has 6 fully saturated rings. The first-order valence-corrected chi connectivity index (χ1v) is 50.1. The third kappa shape index (κ3) is 22.0. The van der Waals surface area contributed by atoms with Crippen molar-refractivity contribution in [2.75, 3.05) is 214 Å². The Morgan fingerprint density at radius 2 is 0.732 bits per heavy atom. The number of aryl methyl sites for hydroxylation is 3. The van der Waals surface area contributed by atoms with Crippen LogP contribution in [0.1, 0.15) is 119 Å². The normalized spacial score (nSPS) is 19.6. The Morgan fingerprint density at radius 3 is 1.04 bits per heavy atom. The number of carbonyl (C=O) groups excluding carboxylic acids is 4. The van der Waals surface area contributed by atoms with Gasteiger partial charge in [-0.2, -0.15) is 31.6 Å². The number of benzene rings is 6. The Bertz CT molecular complexity index is 6480. The van der Waals surface area contributed by atoms with Gasteiger partial charge in [-0.25, -0.2) is 15.0 Å². The van der Waals surface area contributed by atoms with Crippen LogP contribution in [0.2, 0.25) is 0 Å². The number of piperazine rings is 3. The molecule has 3 unspecified atom stereocenters. The first-order chi connectivity index (χ1) is 69.1. The van der Waals surface area contributed by atoms with Crippen LogP contribution >= 0.6 is 0 Å². The molecule has 0 bridgehead atoms. The van der Waals surface area contributed by atoms with Gasteiger partial charge in [0, 0.05) is 194 Å². The summed E-state index contributed by atoms with van der Waals surface area (Å²) in [5.74, 6) is 1.54. The average molecular weight is 1910 g/mol. The van der Waals surface area contributed by atoms with Crippen LogP contribution in [-0.2, 0) is 62.8 Å². The second-order valence-corrected chi connectivity index (χ2v) is 39.0. The van der Waals surface area contributed by atoms with Crippen molar-refractivity contribution in [2.24, 2.45) is 17.8 Å². The summed E-state index contributed by atoms with van der Waals surface area (Å²) in [6, 6.07) is 51.6. The highest BCUT2D eigenvalue weighted by Gasteiger charge is 2.42. The standard InChI is InChI=1S/C38H44N8O3.C37H43N7O3.C37H43N7O2/c1-5-34(47)46-19-18-45(22-29(46)12-15-39)37-30-14-17-44(33-11-7-10-28-9-6-8-26(2)36(28)33)23-32(30)41-38(31(37)20-40)49-25-27-13-16-43(21-27)24-35(48)42(3)4;1-4-34(45)44-18-17-43(23-29(44)11-14-38)36-30-13-16-42(33-10-6-9-28-8-5-7-26(2)35(28)33)24-32(30)40-37(31(36)21-39)47-25-27-12-15-41(22-27)19-20-46-3;1-4-16-41-17-13-27(22-41)25-46-37-31(21-39)36(43-19-20-44(34(45)5-2)29(23-43)12-15-38)30-14-18-42(24-32(30)40-37)33-11-7-10-28-9-6-8-26(3)35(28)33/h5-11,27,29H,1,12-14,16-19,21-25H2,2-4H3;4-10,27,29H,1,11-13,15-20,22-25H2,2-3H3;5-11,27,29H,2,4,12-14,16-20,22-25H2,1,3H3/t3*27?,29-/m000/s1. The Labute approximate surface area is 834 Å². The lowest BCUT2D eigenvalue weighted by Gasteiger charge is -2.43. The number of rotatable bonds is 28. The van der Waals surface area contributed by atoms with Crippen LogP contribution < -0.4 is 43.6 Å². The van der Waals surface area contributed by atoms with Crippen molar-refractivity contribution in [3.05, 3.63) is 214 Å². The van der Waals surface area contributed by atoms with E-state index in [0.29, 0.717) is 171 Å². The van der Waals surface area contributed by atoms with E-state index in [0.717, 1.165) is 161 Å². The summed E-state index contributed by atoms with van der Waals surface area (Å²) >= 11 is 0. The zero-order valence-electron chi connectivity index (χ0n) is 83.2. The number of methoxy groups -OCH3 is 1. The van der Waals surface area contributed by atoms with Gasteiger partial charge in [-0.3, -0.25) is 24.1 Å². The summed E-state index contributed by atoms with van der Waals surface area (Å²) < 4.78 is 24.7. The maximum atomic E-state index is 12.7. The number of hydrogen-bond acceptors (Lipinski definition) is 26. The molecule has 0 aliphatic carbocycles. The van der Waals surface area contributed by atoms with Gasteiger partial charge in [0.1, 0.15) is 34.9 Å². The summed E-state index contributed by atoms with van der Waals surface area (Å²) in [4.78, 5) is 93.0. The maximum Gasteiger partial charge on any atom is 0.246 e. The fourth-order valence-corrected chi connectivity index (χ4v) is 22.6. The number of amides is 4. The van der Waals surface area contributed by atoms with Crippen molar-refractivity contribution in [1.82, 2.24) is 49.3 Å². The Morgan fingerprint density at radius 1 is 0.415 bits per heavy atom. The summed E-state index contributed by atoms with van der Waals surface area (Å²) in [6.45, 7) is 37.9. The predicted molar refractivity (Wildman–Crippen MR) is 553 cm³/mol. The fourth-order valence-electron chi connectivity index (χ4n) is 22.6. The number of carbonyl (C=O) groups is 4. The van der Waals surface area contributed by atoms with E-state index in [2.05, 4.69) is 237 Å². The first-order valence-electron chi connectivity index (χ1n) is 50.1. The Kier molecular flexibility index (Phi) is 32.8. The van der Waals surface area contributed by atoms with Gasteiger partial charge in [0.25, 0.3) is 0 Å². The van der Waals surface area contributed by atoms with Crippen LogP contribution in [0.15, 0.2) is 147 Å². The molecule has 6 saturated heterocycles. The summed E-state index contributed by atoms with van der Waals surface area (Å²) in [5.41, 5.74) is 16.8. The van der Waals surface area contributed by atoms with Gasteiger partial charge in [-0.15, -0.1) is 0 Å². The molecule has 0 saturated carbocycles. The minimum atomic E-state index is -0.336. The number of fused-ring (bicyclic) bond motifs is 6. The van der Waals surface area contributed by atoms with Crippen LogP contribution in [-0.4, -0.2) is 276 Å². The number of likely N-dealkylation sites (N-methyl/N-ethyl adjacent to an activating group) is 1. The molecule has 30 heteroatoms. The summed E-state index contributed by atoms with van der Waals surface area (Å²) in [5, 5.41) is 68.1. The number of nitrogens with zero attached hydrogens (tertiary/aromatic N) is 22. The lowest BCUT2D eigenvalue weighted by atomic mass is 9.95. The smallest absolute Gasteiger partial charge is 0.246 e. The van der Waals surface area contributed by atoms with Crippen LogP contribution in [0.5, 0.6) is 17.6 Å². The molecule has 6 aromatic carbocycles. The molecule has 0 N–H and O–H groups in total. The van der Waals surface area contributed by atoms with E-state index in [1.165, 1.54) is 78.6 Å². The van der Waals surface area contributed by atoms with Gasteiger partial charge < -0.3 is 77.7 Å². The zero-order valence-corrected chi connectivity index (χ0v) is 83.2. The number of hydrogen-bond donors (Lipinski definition) is 0. The largest absolute Gasteiger partial charge is 0.476 e. The third-order valence-electron chi connectivity index (χ3n) is 29.7. The molecule has 736 valence electrons. The van der Waals surface area contributed by atoms with E-state index in [9.17, 15) is 50.7 Å². The topological polar surface area (TPSA) is 329 Å². The van der Waals surface area contributed by atoms with Crippen molar-refractivity contribution in [3.63, 3.8) is 0 Å². The van der Waals surface area contributed by atoms with Crippen molar-refractivity contribution in [2.45, 2.75) is 130 Å². The molecule has 9 aromatic rings. The van der Waals surface area contributed by atoms with E-state index < -0.39 is 0 Å². The third-order valence-corrected chi connectivity index (χ3v) is 29.7. The van der Waals surface area contributed by atoms with Gasteiger partial charge in [-0.05, 0) is 161 Å². The molecule has 9 aliphatic rings. The van der Waals surface area contributed by atoms with Crippen molar-refractivity contribution < 1.29 is 38.1 Å². The minimum absolute atomic E-state index is 0.0739. The molecular weight excluding hydrogens is 1780 g/mol. The number of likely N-dealkylation sites (tertiary alicyclic amines) is 3. The monoisotopic (exact) mass is 1910 g/mol. The van der Waals surface area contributed by atoms with Gasteiger partial charge >= 0.3 is 0 Å². The average Bonchev–Trinajstić information content (AvgIpc) is 0.866. The molecular formula is C112H130N22O8. The van der Waals surface area contributed by atoms with Gasteiger partial charge in [0.05, 0.1) is 142 Å². The highest BCUT2D eigenvalue weighted by molar-refractivity contribution is 6.00. The van der Waals surface area contributed by atoms with E-state index in [-0.39, 0.29) is 66.9 Å². The molecule has 30 nitrogen and oxygen atoms in total. The van der Waals surface area contributed by atoms with Crippen molar-refractivity contribution in [1.29, 1.82) is 31.6 Å². The van der Waals surface area contributed by atoms with Crippen LogP contribution in [0.3, 0.4) is 0 Å². The Hall–Kier alpha value is -14.4. The molecule has 142 heavy (non-hydrogen) atoms. The molecule has 18 rings (SSSR count). The van der Waals surface area contributed by atoms with Crippen molar-refractivity contribution in [3.8, 4) is 54.1 Å². The van der Waals surface area contributed by atoms with Gasteiger partial charge in [-0.1, -0.05) is 118 Å². The van der Waals surface area contributed by atoms with Crippen LogP contribution in [0, 0.1) is 107 Å². The lowest BCUT2D eigenvalue weighted by Crippen LogP contribution is -2.55. The molecule has 0 radical (unpaired) electrons. The quantitative estimate of drug-likeness (QED) is 0.0411. The molecule has 12 heterocycles. The van der Waals surface area contributed by atoms with E-state index in [1.54, 1.807) is 40.8 Å². The fraction of sp³-hybridized carbons (Fsp3) is 0.455. The second kappa shape index (κ2) is 46.4. The maximum absolute atomic E-state index is 12.7. The predicted octanol–water partition coefficient (Wildman–Crippen LogP) is 13.5. The summed E-state index contributed by atoms with van der Waals surface area (Å²) in [6.07, 6.45) is 10.7. The van der Waals surface area contributed by atoms with E-state index in [1.807, 2.05) is 0 Å². The SMILES string of the molecule is C=CC(=O)N1CCN(c2c(C#N)c(OCC3CCN(CC(=O)N(C)C)C3)nc3c2CCN(c2cccc4cccc(C)c24)C3)C[C@@H]1CC#N.C=CC(=O)N1CCN(c2c(C#N)c(OCC3CCN(CCC)C3)nc3c2CCN(c2cccc4cccc(C)c24)C3)C[C@@H]1CC#N.C=CC(=O)N1CCN(c2c(C#N)c(OCC3CCN(CCOC)C3)nc3c2CCN(c2cccc4cccc(C)c24)C3)C[C@@H]1CC#N. The van der Waals surface area contributed by atoms with Gasteiger partial charge in [0.2, 0.25) is 41.3 Å². The molecule has 6 atom stereocenters. The number of nitriles is 6. The van der Waals surface area contributed by atoms with E-state index >= 15 is 0 Å². The lowest BCUT2D eigenvalue weighted by molar-refractivity contribution is -0.130. The number of anilines is 6. The summed E-state index contributed by atoms with van der Waals surface area (Å²) in [7, 11) is 5.26. The number of ether oxygens (including phenoxy) is 4. The molecule has 0 spiro atoms. The molecule has 3 aromatic heterocycles. The number of pyridine rings is 3. The number of aromatic nitrogens is 3. The van der Waals surface area contributed by atoms with Crippen molar-refractivity contribution >= 4 is 90.1 Å². The zero-order chi connectivity index (χ0) is 99.8. The minimum Gasteiger partial charge on any atom is -0.476 e. The van der Waals surface area contributed by atoms with Crippen LogP contribution in [0.25, 0.3) is 32.3 Å². The van der Waals surface area contributed by atoms with E-state index in [4.69, 9.17) is 33.9 Å². The molecule has 9 aliphatic heterocycles. The second-order valence-electron chi connectivity index (χ2n) is 39.0. The first kappa shape index (κ1) is 101. The highest BCUT2D eigenvalue weighted by atomic mass is 16.5. The highest BCUT2D eigenvalue weighted by Crippen LogP contribution is 2.46.